The van der Waals surface area contributed by atoms with E-state index in [0.717, 1.165) is 18.2 Å². The molecule has 1 N–H and O–H groups in total. The third-order valence-electron chi connectivity index (χ3n) is 3.25. The SMILES string of the molecule is Cn1c(=O)oc2cc(S(=O)(=O)Nc3ccc(F)cc3F)ccc21. The molecule has 3 aromatic rings. The van der Waals surface area contributed by atoms with Gasteiger partial charge in [0.1, 0.15) is 11.6 Å². The van der Waals surface area contributed by atoms with Gasteiger partial charge in [0.05, 0.1) is 16.1 Å². The lowest BCUT2D eigenvalue weighted by atomic mass is 10.3. The molecule has 23 heavy (non-hydrogen) atoms. The second-order valence-electron chi connectivity index (χ2n) is 4.79. The van der Waals surface area contributed by atoms with Crippen molar-refractivity contribution in [3.63, 3.8) is 0 Å². The molecule has 2 aromatic carbocycles. The molecule has 0 aliphatic rings. The van der Waals surface area contributed by atoms with Gasteiger partial charge in [0, 0.05) is 19.2 Å². The van der Waals surface area contributed by atoms with Crippen molar-refractivity contribution in [2.24, 2.45) is 7.05 Å². The molecule has 1 aromatic heterocycles. The molecule has 0 saturated heterocycles. The summed E-state index contributed by atoms with van der Waals surface area (Å²) >= 11 is 0. The van der Waals surface area contributed by atoms with E-state index in [2.05, 4.69) is 0 Å². The zero-order valence-corrected chi connectivity index (χ0v) is 12.5. The zero-order chi connectivity index (χ0) is 16.8. The van der Waals surface area contributed by atoms with Crippen LogP contribution in [0, 0.1) is 11.6 Å². The molecule has 0 saturated carbocycles. The van der Waals surface area contributed by atoms with E-state index in [0.29, 0.717) is 11.6 Å². The van der Waals surface area contributed by atoms with Crippen LogP contribution in [0.5, 0.6) is 0 Å². The predicted octanol–water partition coefficient (Wildman–Crippen LogP) is 2.21. The fraction of sp³-hybridized carbons (Fsp3) is 0.0714. The monoisotopic (exact) mass is 340 g/mol. The molecule has 0 radical (unpaired) electrons. The van der Waals surface area contributed by atoms with Crippen LogP contribution in [0.1, 0.15) is 0 Å². The number of fused-ring (bicyclic) bond motifs is 1. The highest BCUT2D eigenvalue weighted by Crippen LogP contribution is 2.22. The maximum absolute atomic E-state index is 13.6. The standard InChI is InChI=1S/C14H10F2N2O4S/c1-18-12-5-3-9(7-13(12)22-14(18)19)23(20,21)17-11-4-2-8(15)6-10(11)16/h2-7,17H,1H3. The molecule has 3 rings (SSSR count). The van der Waals surface area contributed by atoms with Gasteiger partial charge in [-0.3, -0.25) is 9.29 Å². The Morgan fingerprint density at radius 2 is 1.87 bits per heavy atom. The van der Waals surface area contributed by atoms with Gasteiger partial charge in [-0.2, -0.15) is 0 Å². The number of oxazole rings is 1. The highest BCUT2D eigenvalue weighted by atomic mass is 32.2. The number of hydrogen-bond acceptors (Lipinski definition) is 4. The number of sulfonamides is 1. The molecule has 0 fully saturated rings. The summed E-state index contributed by atoms with van der Waals surface area (Å²) in [6.07, 6.45) is 0. The lowest BCUT2D eigenvalue weighted by molar-refractivity contribution is 0.527. The van der Waals surface area contributed by atoms with Crippen molar-refractivity contribution in [3.05, 3.63) is 58.6 Å². The Hall–Kier alpha value is -2.68. The molecule has 1 heterocycles. The average Bonchev–Trinajstić information content (AvgIpc) is 2.77. The number of benzene rings is 2. The molecule has 9 heteroatoms. The van der Waals surface area contributed by atoms with Crippen LogP contribution in [0.25, 0.3) is 11.1 Å². The number of nitrogens with one attached hydrogen (secondary N) is 1. The first kappa shape index (κ1) is 15.2. The number of rotatable bonds is 3. The molecular formula is C14H10F2N2O4S. The van der Waals surface area contributed by atoms with Crippen molar-refractivity contribution >= 4 is 26.8 Å². The summed E-state index contributed by atoms with van der Waals surface area (Å²) in [7, 11) is -2.65. The Balaban J connectivity index is 2.04. The molecule has 0 atom stereocenters. The lowest BCUT2D eigenvalue weighted by Gasteiger charge is -2.09. The summed E-state index contributed by atoms with van der Waals surface area (Å²) in [5, 5.41) is 0. The molecule has 0 spiro atoms. The van der Waals surface area contributed by atoms with Crippen molar-refractivity contribution in [2.75, 3.05) is 4.72 Å². The Morgan fingerprint density at radius 3 is 2.57 bits per heavy atom. The average molecular weight is 340 g/mol. The summed E-state index contributed by atoms with van der Waals surface area (Å²) in [6, 6.07) is 6.28. The first-order valence-corrected chi connectivity index (χ1v) is 7.84. The molecule has 0 unspecified atom stereocenters. The summed E-state index contributed by atoms with van der Waals surface area (Å²) in [4.78, 5) is 11.2. The number of anilines is 1. The van der Waals surface area contributed by atoms with Gasteiger partial charge in [-0.05, 0) is 24.3 Å². The Bertz CT molecular complexity index is 1070. The Kier molecular flexibility index (Phi) is 3.44. The smallest absolute Gasteiger partial charge is 0.408 e. The van der Waals surface area contributed by atoms with Crippen LogP contribution < -0.4 is 10.5 Å². The summed E-state index contributed by atoms with van der Waals surface area (Å²) < 4.78 is 59.1. The van der Waals surface area contributed by atoms with Gasteiger partial charge < -0.3 is 4.42 Å². The molecular weight excluding hydrogens is 330 g/mol. The van der Waals surface area contributed by atoms with Crippen molar-refractivity contribution in [1.29, 1.82) is 0 Å². The minimum atomic E-state index is -4.13. The maximum Gasteiger partial charge on any atom is 0.419 e. The second-order valence-corrected chi connectivity index (χ2v) is 6.47. The van der Waals surface area contributed by atoms with Crippen molar-refractivity contribution in [1.82, 2.24) is 4.57 Å². The number of nitrogens with zero attached hydrogens (tertiary/aromatic N) is 1. The van der Waals surface area contributed by atoms with Crippen LogP contribution in [0.15, 0.2) is 50.5 Å². The van der Waals surface area contributed by atoms with Gasteiger partial charge in [-0.15, -0.1) is 0 Å². The molecule has 0 aliphatic carbocycles. The molecule has 120 valence electrons. The van der Waals surface area contributed by atoms with E-state index >= 15 is 0 Å². The largest absolute Gasteiger partial charge is 0.419 e. The molecule has 0 aliphatic heterocycles. The van der Waals surface area contributed by atoms with Gasteiger partial charge in [0.15, 0.2) is 5.58 Å². The van der Waals surface area contributed by atoms with Crippen molar-refractivity contribution < 1.29 is 21.6 Å². The van der Waals surface area contributed by atoms with Gasteiger partial charge >= 0.3 is 5.76 Å². The quantitative estimate of drug-likeness (QED) is 0.793. The number of hydrogen-bond donors (Lipinski definition) is 1. The van der Waals surface area contributed by atoms with Gasteiger partial charge in [0.25, 0.3) is 10.0 Å². The first-order chi connectivity index (χ1) is 10.8. The van der Waals surface area contributed by atoms with Crippen LogP contribution in [0.2, 0.25) is 0 Å². The van der Waals surface area contributed by atoms with E-state index in [1.165, 1.54) is 23.7 Å². The van der Waals surface area contributed by atoms with E-state index < -0.39 is 27.4 Å². The predicted molar refractivity (Wildman–Crippen MR) is 78.6 cm³/mol. The number of aryl methyl sites for hydroxylation is 1. The highest BCUT2D eigenvalue weighted by molar-refractivity contribution is 7.92. The molecule has 0 amide bonds. The number of aromatic nitrogens is 1. The normalized spacial score (nSPS) is 11.8. The van der Waals surface area contributed by atoms with E-state index in [9.17, 15) is 22.0 Å². The summed E-state index contributed by atoms with van der Waals surface area (Å²) in [6.45, 7) is 0. The van der Waals surface area contributed by atoms with Crippen LogP contribution in [0.3, 0.4) is 0 Å². The van der Waals surface area contributed by atoms with E-state index in [1.807, 2.05) is 4.72 Å². The minimum Gasteiger partial charge on any atom is -0.408 e. The van der Waals surface area contributed by atoms with Gasteiger partial charge in [-0.25, -0.2) is 22.0 Å². The van der Waals surface area contributed by atoms with Crippen LogP contribution in [-0.4, -0.2) is 13.0 Å². The van der Waals surface area contributed by atoms with E-state index in [4.69, 9.17) is 4.42 Å². The number of halogens is 2. The van der Waals surface area contributed by atoms with Crippen LogP contribution in [0.4, 0.5) is 14.5 Å². The zero-order valence-electron chi connectivity index (χ0n) is 11.7. The topological polar surface area (TPSA) is 81.3 Å². The van der Waals surface area contributed by atoms with Crippen LogP contribution in [-0.2, 0) is 17.1 Å². The summed E-state index contributed by atoms with van der Waals surface area (Å²) in [5.74, 6) is -2.49. The van der Waals surface area contributed by atoms with Crippen LogP contribution >= 0.6 is 0 Å². The molecule has 6 nitrogen and oxygen atoms in total. The van der Waals surface area contributed by atoms with E-state index in [-0.39, 0.29) is 16.2 Å². The third kappa shape index (κ3) is 2.70. The van der Waals surface area contributed by atoms with Gasteiger partial charge in [0.2, 0.25) is 0 Å². The van der Waals surface area contributed by atoms with E-state index in [1.54, 1.807) is 0 Å². The van der Waals surface area contributed by atoms with Crippen molar-refractivity contribution in [3.8, 4) is 0 Å². The maximum atomic E-state index is 13.6. The van der Waals surface area contributed by atoms with Gasteiger partial charge in [-0.1, -0.05) is 0 Å². The highest BCUT2D eigenvalue weighted by Gasteiger charge is 2.18. The third-order valence-corrected chi connectivity index (χ3v) is 4.61. The lowest BCUT2D eigenvalue weighted by Crippen LogP contribution is -2.14. The fourth-order valence-corrected chi connectivity index (χ4v) is 3.14. The fourth-order valence-electron chi connectivity index (χ4n) is 2.06. The summed E-state index contributed by atoms with van der Waals surface area (Å²) in [5.41, 5.74) is 0.114. The van der Waals surface area contributed by atoms with Crippen molar-refractivity contribution in [2.45, 2.75) is 4.90 Å². The Labute approximate surface area is 129 Å². The Morgan fingerprint density at radius 1 is 1.13 bits per heavy atom. The molecule has 0 bridgehead atoms. The second kappa shape index (κ2) is 5.20. The minimum absolute atomic E-state index is 0.0833. The first-order valence-electron chi connectivity index (χ1n) is 6.35.